The monoisotopic (exact) mass is 541 g/mol. The van der Waals surface area contributed by atoms with Crippen LogP contribution < -0.4 is 0 Å². The zero-order valence-electron chi connectivity index (χ0n) is 17.9. The summed E-state index contributed by atoms with van der Waals surface area (Å²) in [6.07, 6.45) is 4.72. The van der Waals surface area contributed by atoms with Crippen LogP contribution in [0.5, 0.6) is 0 Å². The van der Waals surface area contributed by atoms with Gasteiger partial charge in [0, 0.05) is 21.4 Å². The van der Waals surface area contributed by atoms with Gasteiger partial charge in [-0.05, 0) is 37.0 Å². The van der Waals surface area contributed by atoms with Crippen molar-refractivity contribution in [3.8, 4) is 11.4 Å². The lowest BCUT2D eigenvalue weighted by Gasteiger charge is -2.23. The molecule has 0 saturated heterocycles. The highest BCUT2D eigenvalue weighted by molar-refractivity contribution is 9.10. The first-order valence-corrected chi connectivity index (χ1v) is 13.7. The highest BCUT2D eigenvalue weighted by Crippen LogP contribution is 2.59. The first kappa shape index (κ1) is 25.1. The summed E-state index contributed by atoms with van der Waals surface area (Å²) in [6, 6.07) is 13.0. The van der Waals surface area contributed by atoms with Gasteiger partial charge < -0.3 is 9.79 Å². The first-order chi connectivity index (χ1) is 15.1. The predicted molar refractivity (Wildman–Crippen MR) is 129 cm³/mol. The van der Waals surface area contributed by atoms with Crippen molar-refractivity contribution in [2.24, 2.45) is 0 Å². The van der Waals surface area contributed by atoms with Crippen LogP contribution in [0.25, 0.3) is 11.4 Å². The summed E-state index contributed by atoms with van der Waals surface area (Å²) in [5.74, 6) is 1.21. The van der Waals surface area contributed by atoms with Crippen LogP contribution >= 0.6 is 35.3 Å². The van der Waals surface area contributed by atoms with E-state index in [9.17, 15) is 18.7 Å². The normalized spacial score (nSPS) is 13.8. The Bertz CT molecular complexity index is 1100. The summed E-state index contributed by atoms with van der Waals surface area (Å²) in [7, 11) is -4.96. The number of aryl methyl sites for hydroxylation is 1. The second kappa shape index (κ2) is 10.6. The number of hydrogen-bond acceptors (Lipinski definition) is 4. The molecule has 3 N–H and O–H groups in total. The molecule has 0 radical (unpaired) electrons. The predicted octanol–water partition coefficient (Wildman–Crippen LogP) is 6.58. The molecule has 32 heavy (non-hydrogen) atoms. The minimum Gasteiger partial charge on any atom is -0.322 e. The Hall–Kier alpha value is -1.51. The molecule has 0 amide bonds. The van der Waals surface area contributed by atoms with Crippen LogP contribution in [0.2, 0.25) is 0 Å². The fraction of sp³-hybridized carbons (Fsp3) is 0.364. The molecule has 2 aromatic carbocycles. The number of aromatic amines is 1. The van der Waals surface area contributed by atoms with E-state index in [-0.39, 0.29) is 5.56 Å². The number of halogens is 2. The number of benzene rings is 2. The van der Waals surface area contributed by atoms with Crippen LogP contribution in [0.3, 0.4) is 0 Å². The molecular weight excluding hydrogens is 516 g/mol. The highest BCUT2D eigenvalue weighted by atomic mass is 79.9. The SMILES string of the molecule is CCCCCc1ccc(-c2nc(SCc3ccc(C(C)(F)P(=O)(O)O)c(Br)c3)n[nH]2)cc1. The third-order valence-electron chi connectivity index (χ3n) is 5.20. The van der Waals surface area contributed by atoms with E-state index in [1.165, 1.54) is 42.7 Å². The van der Waals surface area contributed by atoms with E-state index in [2.05, 4.69) is 50.2 Å². The van der Waals surface area contributed by atoms with E-state index in [0.717, 1.165) is 24.5 Å². The zero-order valence-corrected chi connectivity index (χ0v) is 21.2. The molecule has 1 atom stereocenters. The van der Waals surface area contributed by atoms with Crippen LogP contribution in [0.1, 0.15) is 49.8 Å². The smallest absolute Gasteiger partial charge is 0.322 e. The van der Waals surface area contributed by atoms with Gasteiger partial charge in [-0.2, -0.15) is 0 Å². The van der Waals surface area contributed by atoms with E-state index >= 15 is 0 Å². The van der Waals surface area contributed by atoms with Crippen LogP contribution in [-0.2, 0) is 22.1 Å². The zero-order chi connectivity index (χ0) is 23.4. The Morgan fingerprint density at radius 2 is 1.84 bits per heavy atom. The van der Waals surface area contributed by atoms with Gasteiger partial charge in [0.05, 0.1) is 0 Å². The molecular formula is C22H26BrFN3O3PS. The molecule has 0 saturated carbocycles. The van der Waals surface area contributed by atoms with Crippen molar-refractivity contribution < 1.29 is 18.7 Å². The van der Waals surface area contributed by atoms with Crippen molar-refractivity contribution in [3.63, 3.8) is 0 Å². The summed E-state index contributed by atoms with van der Waals surface area (Å²) in [5, 5.41) is 5.03. The maximum absolute atomic E-state index is 14.6. The minimum absolute atomic E-state index is 0.0853. The second-order valence-electron chi connectivity index (χ2n) is 7.72. The van der Waals surface area contributed by atoms with E-state index < -0.39 is 13.0 Å². The Kier molecular flexibility index (Phi) is 8.33. The first-order valence-electron chi connectivity index (χ1n) is 10.3. The van der Waals surface area contributed by atoms with Crippen molar-refractivity contribution in [2.45, 2.75) is 55.8 Å². The molecule has 6 nitrogen and oxygen atoms in total. The van der Waals surface area contributed by atoms with Gasteiger partial charge in [0.1, 0.15) is 0 Å². The number of hydrogen-bond donors (Lipinski definition) is 3. The third-order valence-corrected chi connectivity index (χ3v) is 8.11. The second-order valence-corrected chi connectivity index (χ2v) is 11.4. The van der Waals surface area contributed by atoms with Crippen molar-refractivity contribution in [3.05, 3.63) is 63.6 Å². The number of H-pyrrole nitrogens is 1. The number of alkyl halides is 1. The fourth-order valence-electron chi connectivity index (χ4n) is 3.17. The molecule has 1 unspecified atom stereocenters. The maximum Gasteiger partial charge on any atom is 0.366 e. The summed E-state index contributed by atoms with van der Waals surface area (Å²) >= 11 is 4.64. The molecule has 0 spiro atoms. The number of aromatic nitrogens is 3. The van der Waals surface area contributed by atoms with E-state index in [1.54, 1.807) is 12.1 Å². The lowest BCUT2D eigenvalue weighted by molar-refractivity contribution is 0.221. The number of nitrogens with one attached hydrogen (secondary N) is 1. The Morgan fingerprint density at radius 3 is 2.47 bits per heavy atom. The van der Waals surface area contributed by atoms with Gasteiger partial charge in [-0.3, -0.25) is 9.66 Å². The topological polar surface area (TPSA) is 99.1 Å². The summed E-state index contributed by atoms with van der Waals surface area (Å²) in [5.41, 5.74) is 3.04. The molecule has 0 aliphatic carbocycles. The Morgan fingerprint density at radius 1 is 1.16 bits per heavy atom. The third kappa shape index (κ3) is 6.08. The van der Waals surface area contributed by atoms with Crippen molar-refractivity contribution in [1.82, 2.24) is 15.2 Å². The van der Waals surface area contributed by atoms with Gasteiger partial charge in [-0.1, -0.05) is 83.9 Å². The lowest BCUT2D eigenvalue weighted by Crippen LogP contribution is -2.16. The quantitative estimate of drug-likeness (QED) is 0.152. The van der Waals surface area contributed by atoms with Gasteiger partial charge in [0.15, 0.2) is 5.82 Å². The Balaban J connectivity index is 1.63. The molecule has 1 heterocycles. The van der Waals surface area contributed by atoms with E-state index in [0.29, 0.717) is 21.2 Å². The van der Waals surface area contributed by atoms with Gasteiger partial charge in [0.25, 0.3) is 0 Å². The number of unbranched alkanes of at least 4 members (excludes halogenated alkanes) is 2. The molecule has 0 fully saturated rings. The average Bonchev–Trinajstić information content (AvgIpc) is 3.21. The number of nitrogens with zero attached hydrogens (tertiary/aromatic N) is 2. The van der Waals surface area contributed by atoms with E-state index in [4.69, 9.17) is 0 Å². The van der Waals surface area contributed by atoms with Crippen LogP contribution in [-0.4, -0.2) is 25.0 Å². The van der Waals surface area contributed by atoms with Crippen LogP contribution in [0, 0.1) is 0 Å². The molecule has 10 heteroatoms. The summed E-state index contributed by atoms with van der Waals surface area (Å²) in [4.78, 5) is 23.1. The average molecular weight is 542 g/mol. The maximum atomic E-state index is 14.6. The van der Waals surface area contributed by atoms with Crippen molar-refractivity contribution in [1.29, 1.82) is 0 Å². The summed E-state index contributed by atoms with van der Waals surface area (Å²) in [6.45, 7) is 3.08. The molecule has 0 aliphatic heterocycles. The number of rotatable bonds is 10. The summed E-state index contributed by atoms with van der Waals surface area (Å²) < 4.78 is 26.4. The highest BCUT2D eigenvalue weighted by Gasteiger charge is 2.45. The van der Waals surface area contributed by atoms with Crippen LogP contribution in [0.15, 0.2) is 52.1 Å². The van der Waals surface area contributed by atoms with Crippen molar-refractivity contribution >= 4 is 35.3 Å². The van der Waals surface area contributed by atoms with Gasteiger partial charge in [-0.15, -0.1) is 5.10 Å². The standard InChI is InChI=1S/C22H26BrFN3O3PS/c1-3-4-5-6-15-7-10-17(11-8-15)20-25-21(27-26-20)32-14-16-9-12-18(19(23)13-16)22(2,24)31(28,29)30/h7-13H,3-6,14H2,1-2H3,(H,25,26,27)(H2,28,29,30). The molecule has 0 bridgehead atoms. The largest absolute Gasteiger partial charge is 0.366 e. The van der Waals surface area contributed by atoms with E-state index in [1.807, 2.05) is 12.1 Å². The van der Waals surface area contributed by atoms with Gasteiger partial charge in [0.2, 0.25) is 10.6 Å². The minimum atomic E-state index is -4.96. The molecule has 0 aliphatic rings. The fourth-order valence-corrected chi connectivity index (χ4v) is 5.37. The Labute approximate surface area is 199 Å². The molecule has 3 aromatic rings. The lowest BCUT2D eigenvalue weighted by atomic mass is 10.1. The molecule has 1 aromatic heterocycles. The van der Waals surface area contributed by atoms with Gasteiger partial charge >= 0.3 is 7.60 Å². The number of thioether (sulfide) groups is 1. The van der Waals surface area contributed by atoms with Crippen molar-refractivity contribution in [2.75, 3.05) is 0 Å². The molecule has 3 rings (SSSR count). The van der Waals surface area contributed by atoms with Gasteiger partial charge in [-0.25, -0.2) is 9.37 Å². The molecule has 172 valence electrons. The van der Waals surface area contributed by atoms with Crippen LogP contribution in [0.4, 0.5) is 4.39 Å².